The van der Waals surface area contributed by atoms with Crippen LogP contribution in [-0.2, 0) is 13.2 Å². The van der Waals surface area contributed by atoms with Gasteiger partial charge in [-0.25, -0.2) is 9.37 Å². The molecular weight excluding hydrogens is 283 g/mol. The Kier molecular flexibility index (Phi) is 3.92. The van der Waals surface area contributed by atoms with Gasteiger partial charge in [0.05, 0.1) is 23.7 Å². The van der Waals surface area contributed by atoms with Crippen molar-refractivity contribution in [2.75, 3.05) is 0 Å². The molecular formula is C17H17FN2O2. The quantitative estimate of drug-likeness (QED) is 0.779. The molecule has 4 nitrogen and oxygen atoms in total. The maximum Gasteiger partial charge on any atom is 0.135 e. The maximum absolute atomic E-state index is 13.2. The molecule has 22 heavy (non-hydrogen) atoms. The molecule has 2 N–H and O–H groups in total. The molecule has 0 saturated carbocycles. The minimum absolute atomic E-state index is 0.205. The first-order chi connectivity index (χ1) is 10.6. The predicted octanol–water partition coefficient (Wildman–Crippen LogP) is 2.71. The number of fused-ring (bicyclic) bond motifs is 1. The van der Waals surface area contributed by atoms with Crippen molar-refractivity contribution in [3.63, 3.8) is 0 Å². The second kappa shape index (κ2) is 5.87. The number of nitrogens with zero attached hydrogens (tertiary/aromatic N) is 2. The number of hydrogen-bond donors (Lipinski definition) is 2. The van der Waals surface area contributed by atoms with Crippen LogP contribution in [-0.4, -0.2) is 19.8 Å². The van der Waals surface area contributed by atoms with Gasteiger partial charge in [0.15, 0.2) is 0 Å². The molecule has 0 radical (unpaired) electrons. The van der Waals surface area contributed by atoms with Gasteiger partial charge in [0.25, 0.3) is 0 Å². The molecule has 0 aliphatic heterocycles. The van der Waals surface area contributed by atoms with Crippen LogP contribution in [0.2, 0.25) is 0 Å². The molecule has 0 saturated heterocycles. The van der Waals surface area contributed by atoms with Crippen LogP contribution in [0.5, 0.6) is 0 Å². The van der Waals surface area contributed by atoms with Crippen molar-refractivity contribution in [2.24, 2.45) is 0 Å². The fourth-order valence-electron chi connectivity index (χ4n) is 2.73. The van der Waals surface area contributed by atoms with Crippen LogP contribution in [0, 0.1) is 12.7 Å². The first-order valence-electron chi connectivity index (χ1n) is 7.09. The van der Waals surface area contributed by atoms with Gasteiger partial charge in [-0.2, -0.15) is 0 Å². The van der Waals surface area contributed by atoms with Crippen molar-refractivity contribution >= 4 is 11.0 Å². The van der Waals surface area contributed by atoms with E-state index in [0.29, 0.717) is 17.0 Å². The summed E-state index contributed by atoms with van der Waals surface area (Å²) in [4.78, 5) is 4.36. The first kappa shape index (κ1) is 14.7. The normalized spacial score (nSPS) is 12.7. The van der Waals surface area contributed by atoms with E-state index in [1.165, 1.54) is 12.1 Å². The van der Waals surface area contributed by atoms with Gasteiger partial charge in [0, 0.05) is 0 Å². The summed E-state index contributed by atoms with van der Waals surface area (Å²) >= 11 is 0. The van der Waals surface area contributed by atoms with Crippen LogP contribution in [0.1, 0.15) is 23.1 Å². The molecule has 1 aromatic heterocycles. The smallest absolute Gasteiger partial charge is 0.135 e. The molecule has 3 rings (SSSR count). The van der Waals surface area contributed by atoms with E-state index in [9.17, 15) is 14.6 Å². The number of aryl methyl sites for hydroxylation is 1. The van der Waals surface area contributed by atoms with E-state index in [2.05, 4.69) is 4.98 Å². The summed E-state index contributed by atoms with van der Waals surface area (Å²) < 4.78 is 15.0. The van der Waals surface area contributed by atoms with E-state index in [0.717, 1.165) is 11.0 Å². The number of benzene rings is 2. The highest BCUT2D eigenvalue weighted by Gasteiger charge is 2.16. The molecule has 1 heterocycles. The van der Waals surface area contributed by atoms with E-state index in [1.54, 1.807) is 17.6 Å². The van der Waals surface area contributed by atoms with Crippen LogP contribution in [0.25, 0.3) is 11.0 Å². The molecule has 0 spiro atoms. The molecule has 0 amide bonds. The number of aromatic nitrogens is 2. The Morgan fingerprint density at radius 3 is 2.73 bits per heavy atom. The fourth-order valence-corrected chi connectivity index (χ4v) is 2.73. The third kappa shape index (κ3) is 2.61. The van der Waals surface area contributed by atoms with Gasteiger partial charge in [-0.3, -0.25) is 0 Å². The zero-order valence-electron chi connectivity index (χ0n) is 12.2. The monoisotopic (exact) mass is 300 g/mol. The largest absolute Gasteiger partial charge is 0.388 e. The number of rotatable bonds is 4. The Balaban J connectivity index is 1.98. The minimum atomic E-state index is -0.802. The third-order valence-corrected chi connectivity index (χ3v) is 3.82. The zero-order chi connectivity index (χ0) is 15.7. The number of aliphatic hydroxyl groups excluding tert-OH is 2. The summed E-state index contributed by atoms with van der Waals surface area (Å²) in [5.74, 6) is 0.178. The molecule has 0 aliphatic rings. The summed E-state index contributed by atoms with van der Waals surface area (Å²) in [6.07, 6.45) is -0.802. The first-order valence-corrected chi connectivity index (χ1v) is 7.09. The van der Waals surface area contributed by atoms with Crippen molar-refractivity contribution in [3.05, 3.63) is 65.2 Å². The minimum Gasteiger partial charge on any atom is -0.388 e. The molecule has 3 aromatic rings. The highest BCUT2D eigenvalue weighted by molar-refractivity contribution is 5.75. The lowest BCUT2D eigenvalue weighted by atomic mass is 10.0. The number of imidazole rings is 1. The molecule has 0 fully saturated rings. The summed E-state index contributed by atoms with van der Waals surface area (Å²) in [6.45, 7) is 1.81. The molecule has 5 heteroatoms. The molecule has 1 unspecified atom stereocenters. The number of hydrogen-bond acceptors (Lipinski definition) is 3. The average molecular weight is 300 g/mol. The van der Waals surface area contributed by atoms with Crippen LogP contribution in [0.3, 0.4) is 0 Å². The van der Waals surface area contributed by atoms with Crippen LogP contribution in [0.4, 0.5) is 4.39 Å². The zero-order valence-corrected chi connectivity index (χ0v) is 12.2. The number of halogens is 1. The summed E-state index contributed by atoms with van der Waals surface area (Å²) in [5, 5.41) is 20.0. The lowest BCUT2D eigenvalue weighted by Crippen LogP contribution is -2.12. The van der Waals surface area contributed by atoms with E-state index < -0.39 is 6.10 Å². The molecule has 1 atom stereocenters. The summed E-state index contributed by atoms with van der Waals surface area (Å²) in [6, 6.07) is 11.8. The Morgan fingerprint density at radius 1 is 1.23 bits per heavy atom. The van der Waals surface area contributed by atoms with Crippen molar-refractivity contribution in [1.82, 2.24) is 9.55 Å². The summed E-state index contributed by atoms with van der Waals surface area (Å²) in [5.41, 5.74) is 2.99. The second-order valence-corrected chi connectivity index (χ2v) is 5.30. The van der Waals surface area contributed by atoms with Gasteiger partial charge in [0.2, 0.25) is 0 Å². The van der Waals surface area contributed by atoms with Crippen molar-refractivity contribution < 1.29 is 14.6 Å². The second-order valence-electron chi connectivity index (χ2n) is 5.30. The van der Waals surface area contributed by atoms with Crippen LogP contribution < -0.4 is 0 Å². The van der Waals surface area contributed by atoms with Gasteiger partial charge < -0.3 is 14.8 Å². The van der Waals surface area contributed by atoms with Crippen molar-refractivity contribution in [3.8, 4) is 0 Å². The topological polar surface area (TPSA) is 58.3 Å². The average Bonchev–Trinajstić information content (AvgIpc) is 2.85. The van der Waals surface area contributed by atoms with Gasteiger partial charge in [-0.1, -0.05) is 18.2 Å². The van der Waals surface area contributed by atoms with Gasteiger partial charge in [-0.15, -0.1) is 0 Å². The van der Waals surface area contributed by atoms with Crippen molar-refractivity contribution in [2.45, 2.75) is 26.2 Å². The van der Waals surface area contributed by atoms with Crippen LogP contribution in [0.15, 0.2) is 42.5 Å². The van der Waals surface area contributed by atoms with E-state index in [-0.39, 0.29) is 19.0 Å². The van der Waals surface area contributed by atoms with Gasteiger partial charge in [0.1, 0.15) is 18.2 Å². The van der Waals surface area contributed by atoms with Crippen LogP contribution >= 0.6 is 0 Å². The standard InChI is InChI=1S/C17H17FN2O2/c1-11-8-12(18)6-7-13(11)16(22)9-20-15-5-3-2-4-14(15)19-17(20)10-21/h2-8,16,21-22H,9-10H2,1H3. The lowest BCUT2D eigenvalue weighted by molar-refractivity contribution is 0.152. The number of para-hydroxylation sites is 2. The Hall–Kier alpha value is -2.24. The Labute approximate surface area is 127 Å². The van der Waals surface area contributed by atoms with E-state index >= 15 is 0 Å². The summed E-state index contributed by atoms with van der Waals surface area (Å²) in [7, 11) is 0. The number of aliphatic hydroxyl groups is 2. The van der Waals surface area contributed by atoms with Gasteiger partial charge >= 0.3 is 0 Å². The Morgan fingerprint density at radius 2 is 2.00 bits per heavy atom. The SMILES string of the molecule is Cc1cc(F)ccc1C(O)Cn1c(CO)nc2ccccc21. The molecule has 0 aliphatic carbocycles. The maximum atomic E-state index is 13.2. The molecule has 0 bridgehead atoms. The third-order valence-electron chi connectivity index (χ3n) is 3.82. The molecule has 114 valence electrons. The predicted molar refractivity (Wildman–Crippen MR) is 81.8 cm³/mol. The lowest BCUT2D eigenvalue weighted by Gasteiger charge is -2.16. The highest BCUT2D eigenvalue weighted by atomic mass is 19.1. The van der Waals surface area contributed by atoms with E-state index in [4.69, 9.17) is 0 Å². The fraction of sp³-hybridized carbons (Fsp3) is 0.235. The van der Waals surface area contributed by atoms with E-state index in [1.807, 2.05) is 24.3 Å². The van der Waals surface area contributed by atoms with Crippen molar-refractivity contribution in [1.29, 1.82) is 0 Å². The molecule has 2 aromatic carbocycles. The Bertz CT molecular complexity index is 814. The van der Waals surface area contributed by atoms with Gasteiger partial charge in [-0.05, 0) is 42.3 Å². The highest BCUT2D eigenvalue weighted by Crippen LogP contribution is 2.24.